The summed E-state index contributed by atoms with van der Waals surface area (Å²) >= 11 is 1.87. The largest absolute Gasteiger partial charge is 0.357 e. The summed E-state index contributed by atoms with van der Waals surface area (Å²) in [7, 11) is 0. The molecule has 2 aliphatic heterocycles. The van der Waals surface area contributed by atoms with E-state index < -0.39 is 0 Å². The summed E-state index contributed by atoms with van der Waals surface area (Å²) in [5.41, 5.74) is 0. The van der Waals surface area contributed by atoms with E-state index in [0.717, 1.165) is 19.0 Å². The van der Waals surface area contributed by atoms with Crippen molar-refractivity contribution in [3.8, 4) is 0 Å². The number of likely N-dealkylation sites (tertiary alicyclic amines) is 2. The maximum absolute atomic E-state index is 5.01. The third-order valence-electron chi connectivity index (χ3n) is 5.69. The van der Waals surface area contributed by atoms with Crippen LogP contribution in [0, 0.1) is 0 Å². The van der Waals surface area contributed by atoms with E-state index in [1.807, 2.05) is 11.3 Å². The lowest BCUT2D eigenvalue weighted by atomic mass is 10.1. The molecule has 0 aromatic carbocycles. The molecular formula is C21H37N5S. The number of hydrogen-bond donors (Lipinski definition) is 2. The van der Waals surface area contributed by atoms with Crippen LogP contribution in [0.3, 0.4) is 0 Å². The summed E-state index contributed by atoms with van der Waals surface area (Å²) < 4.78 is 0. The molecule has 2 fully saturated rings. The quantitative estimate of drug-likeness (QED) is 0.527. The molecule has 3 rings (SSSR count). The van der Waals surface area contributed by atoms with Gasteiger partial charge in [-0.3, -0.25) is 9.89 Å². The van der Waals surface area contributed by atoms with Crippen LogP contribution in [0.15, 0.2) is 22.5 Å². The van der Waals surface area contributed by atoms with Crippen molar-refractivity contribution in [3.05, 3.63) is 22.4 Å². The number of piperidine rings is 1. The molecule has 27 heavy (non-hydrogen) atoms. The molecule has 0 spiro atoms. The lowest BCUT2D eigenvalue weighted by Gasteiger charge is -2.33. The van der Waals surface area contributed by atoms with Crippen LogP contribution in [0.1, 0.15) is 56.9 Å². The first-order chi connectivity index (χ1) is 13.3. The Morgan fingerprint density at radius 1 is 1.22 bits per heavy atom. The molecule has 0 saturated carbocycles. The molecule has 0 amide bonds. The SMILES string of the molecule is CCCN1CCC(NC(=NCC(c2cccs2)N2CCCC2)NCC)CC1. The fraction of sp³-hybridized carbons (Fsp3) is 0.762. The first-order valence-electron chi connectivity index (χ1n) is 10.8. The van der Waals surface area contributed by atoms with Crippen LogP contribution in [-0.4, -0.2) is 67.6 Å². The summed E-state index contributed by atoms with van der Waals surface area (Å²) in [6.07, 6.45) is 6.32. The molecule has 2 saturated heterocycles. The van der Waals surface area contributed by atoms with Gasteiger partial charge in [0.1, 0.15) is 0 Å². The van der Waals surface area contributed by atoms with E-state index in [-0.39, 0.29) is 0 Å². The van der Waals surface area contributed by atoms with E-state index in [2.05, 4.69) is 51.8 Å². The van der Waals surface area contributed by atoms with Crippen LogP contribution in [0.25, 0.3) is 0 Å². The number of nitrogens with zero attached hydrogens (tertiary/aromatic N) is 3. The second-order valence-electron chi connectivity index (χ2n) is 7.75. The lowest BCUT2D eigenvalue weighted by molar-refractivity contribution is 0.206. The number of guanidine groups is 1. The number of rotatable bonds is 8. The van der Waals surface area contributed by atoms with Crippen molar-refractivity contribution in [2.75, 3.05) is 45.8 Å². The molecule has 0 radical (unpaired) electrons. The first-order valence-corrected chi connectivity index (χ1v) is 11.7. The van der Waals surface area contributed by atoms with Crippen LogP contribution in [0.4, 0.5) is 0 Å². The van der Waals surface area contributed by atoms with Gasteiger partial charge < -0.3 is 15.5 Å². The second kappa shape index (κ2) is 11.0. The average Bonchev–Trinajstić information content (AvgIpc) is 3.38. The van der Waals surface area contributed by atoms with E-state index >= 15 is 0 Å². The maximum Gasteiger partial charge on any atom is 0.191 e. The molecule has 1 atom stereocenters. The van der Waals surface area contributed by atoms with Crippen molar-refractivity contribution in [2.45, 2.75) is 58.0 Å². The molecule has 1 aromatic heterocycles. The average molecular weight is 392 g/mol. The van der Waals surface area contributed by atoms with Crippen LogP contribution >= 0.6 is 11.3 Å². The summed E-state index contributed by atoms with van der Waals surface area (Å²) in [5.74, 6) is 0.993. The van der Waals surface area contributed by atoms with Gasteiger partial charge in [-0.25, -0.2) is 0 Å². The van der Waals surface area contributed by atoms with E-state index in [9.17, 15) is 0 Å². The van der Waals surface area contributed by atoms with Gasteiger partial charge in [0.25, 0.3) is 0 Å². The van der Waals surface area contributed by atoms with Gasteiger partial charge in [0.05, 0.1) is 12.6 Å². The second-order valence-corrected chi connectivity index (χ2v) is 8.73. The van der Waals surface area contributed by atoms with Crippen molar-refractivity contribution in [3.63, 3.8) is 0 Å². The first kappa shape index (κ1) is 20.6. The Kier molecular flexibility index (Phi) is 8.42. The van der Waals surface area contributed by atoms with E-state index in [1.54, 1.807) is 0 Å². The highest BCUT2D eigenvalue weighted by Gasteiger charge is 2.24. The van der Waals surface area contributed by atoms with Crippen molar-refractivity contribution in [2.24, 2.45) is 4.99 Å². The van der Waals surface area contributed by atoms with Crippen LogP contribution in [-0.2, 0) is 0 Å². The minimum absolute atomic E-state index is 0.425. The van der Waals surface area contributed by atoms with E-state index in [1.165, 1.54) is 69.7 Å². The molecule has 3 heterocycles. The van der Waals surface area contributed by atoms with Gasteiger partial charge in [-0.1, -0.05) is 13.0 Å². The third-order valence-corrected chi connectivity index (χ3v) is 6.66. The summed E-state index contributed by atoms with van der Waals surface area (Å²) in [6.45, 7) is 12.2. The highest BCUT2D eigenvalue weighted by atomic mass is 32.1. The molecule has 1 unspecified atom stereocenters. The number of hydrogen-bond acceptors (Lipinski definition) is 4. The maximum atomic E-state index is 5.01. The van der Waals surface area contributed by atoms with Gasteiger partial charge in [-0.15, -0.1) is 11.3 Å². The predicted molar refractivity (Wildman–Crippen MR) is 117 cm³/mol. The van der Waals surface area contributed by atoms with Gasteiger partial charge in [0, 0.05) is 30.6 Å². The Morgan fingerprint density at radius 2 is 2.00 bits per heavy atom. The van der Waals surface area contributed by atoms with Gasteiger partial charge >= 0.3 is 0 Å². The summed E-state index contributed by atoms with van der Waals surface area (Å²) in [6, 6.07) is 5.41. The van der Waals surface area contributed by atoms with Gasteiger partial charge in [-0.05, 0) is 70.1 Å². The molecule has 5 nitrogen and oxygen atoms in total. The van der Waals surface area contributed by atoms with Crippen LogP contribution in [0.5, 0.6) is 0 Å². The van der Waals surface area contributed by atoms with E-state index in [0.29, 0.717) is 12.1 Å². The Labute approximate surface area is 169 Å². The molecule has 0 bridgehead atoms. The monoisotopic (exact) mass is 391 g/mol. The van der Waals surface area contributed by atoms with Gasteiger partial charge in [-0.2, -0.15) is 0 Å². The molecule has 152 valence electrons. The van der Waals surface area contributed by atoms with E-state index in [4.69, 9.17) is 4.99 Å². The predicted octanol–water partition coefficient (Wildman–Crippen LogP) is 3.31. The molecule has 2 aliphatic rings. The summed E-state index contributed by atoms with van der Waals surface area (Å²) in [5, 5.41) is 9.37. The zero-order chi connectivity index (χ0) is 18.9. The number of thiophene rings is 1. The van der Waals surface area contributed by atoms with Crippen molar-refractivity contribution >= 4 is 17.3 Å². The molecular weight excluding hydrogens is 354 g/mol. The van der Waals surface area contributed by atoms with Crippen molar-refractivity contribution < 1.29 is 0 Å². The normalized spacial score (nSPS) is 21.5. The molecule has 1 aromatic rings. The number of nitrogens with one attached hydrogen (secondary N) is 2. The standard InChI is InChI=1S/C21H37N5S/c1-3-11-25-14-9-18(10-15-25)24-21(22-4-2)23-17-19(20-8-7-16-27-20)26-12-5-6-13-26/h7-8,16,18-19H,3-6,9-15,17H2,1-2H3,(H2,22,23,24). The fourth-order valence-electron chi connectivity index (χ4n) is 4.23. The molecule has 2 N–H and O–H groups in total. The van der Waals surface area contributed by atoms with Crippen molar-refractivity contribution in [1.29, 1.82) is 0 Å². The highest BCUT2D eigenvalue weighted by Crippen LogP contribution is 2.28. The van der Waals surface area contributed by atoms with Crippen molar-refractivity contribution in [1.82, 2.24) is 20.4 Å². The Morgan fingerprint density at radius 3 is 2.63 bits per heavy atom. The Bertz CT molecular complexity index is 545. The highest BCUT2D eigenvalue weighted by molar-refractivity contribution is 7.10. The smallest absolute Gasteiger partial charge is 0.191 e. The topological polar surface area (TPSA) is 42.9 Å². The Balaban J connectivity index is 1.58. The Hall–Kier alpha value is -1.11. The van der Waals surface area contributed by atoms with Crippen LogP contribution in [0.2, 0.25) is 0 Å². The molecule has 0 aliphatic carbocycles. The zero-order valence-corrected chi connectivity index (χ0v) is 17.9. The fourth-order valence-corrected chi connectivity index (χ4v) is 5.08. The van der Waals surface area contributed by atoms with Crippen LogP contribution < -0.4 is 10.6 Å². The third kappa shape index (κ3) is 6.19. The van der Waals surface area contributed by atoms with Gasteiger partial charge in [0.15, 0.2) is 5.96 Å². The minimum atomic E-state index is 0.425. The lowest BCUT2D eigenvalue weighted by Crippen LogP contribution is -2.49. The summed E-state index contributed by atoms with van der Waals surface area (Å²) in [4.78, 5) is 11.7. The zero-order valence-electron chi connectivity index (χ0n) is 17.1. The minimum Gasteiger partial charge on any atom is -0.357 e. The molecule has 6 heteroatoms. The van der Waals surface area contributed by atoms with Gasteiger partial charge in [0.2, 0.25) is 0 Å². The number of aliphatic imine (C=N–C) groups is 1.